The fraction of sp³-hybridized carbons (Fsp3) is 0.538. The summed E-state index contributed by atoms with van der Waals surface area (Å²) < 4.78 is 5.22. The summed E-state index contributed by atoms with van der Waals surface area (Å²) >= 11 is 1.97. The zero-order valence-electron chi connectivity index (χ0n) is 9.90. The van der Waals surface area contributed by atoms with Crippen molar-refractivity contribution in [3.63, 3.8) is 0 Å². The second-order valence-corrected chi connectivity index (χ2v) is 5.31. The zero-order valence-corrected chi connectivity index (χ0v) is 10.7. The van der Waals surface area contributed by atoms with E-state index in [1.54, 1.807) is 7.11 Å². The van der Waals surface area contributed by atoms with Crippen molar-refractivity contribution < 1.29 is 4.74 Å². The second kappa shape index (κ2) is 5.71. The van der Waals surface area contributed by atoms with Gasteiger partial charge in [0.2, 0.25) is 0 Å². The zero-order chi connectivity index (χ0) is 11.4. The molecule has 0 saturated carbocycles. The van der Waals surface area contributed by atoms with Crippen LogP contribution in [0, 0.1) is 0 Å². The minimum Gasteiger partial charge on any atom is -0.380 e. The SMILES string of the molecule is COC(C)CNCC1CSc2ccccc21. The third kappa shape index (κ3) is 2.78. The highest BCUT2D eigenvalue weighted by Crippen LogP contribution is 2.38. The van der Waals surface area contributed by atoms with E-state index < -0.39 is 0 Å². The number of thioether (sulfide) groups is 1. The van der Waals surface area contributed by atoms with Gasteiger partial charge in [-0.3, -0.25) is 0 Å². The maximum atomic E-state index is 5.22. The number of benzene rings is 1. The first-order valence-corrected chi connectivity index (χ1v) is 6.75. The highest BCUT2D eigenvalue weighted by Gasteiger charge is 2.21. The molecule has 0 fully saturated rings. The van der Waals surface area contributed by atoms with Crippen LogP contribution >= 0.6 is 11.8 Å². The van der Waals surface area contributed by atoms with E-state index in [0.717, 1.165) is 13.1 Å². The fourth-order valence-electron chi connectivity index (χ4n) is 1.94. The van der Waals surface area contributed by atoms with Crippen molar-refractivity contribution >= 4 is 11.8 Å². The van der Waals surface area contributed by atoms with E-state index in [0.29, 0.717) is 12.0 Å². The lowest BCUT2D eigenvalue weighted by molar-refractivity contribution is 0.117. The predicted octanol–water partition coefficient (Wildman–Crippen LogP) is 2.50. The van der Waals surface area contributed by atoms with E-state index in [-0.39, 0.29) is 0 Å². The lowest BCUT2D eigenvalue weighted by Crippen LogP contribution is -2.29. The van der Waals surface area contributed by atoms with Gasteiger partial charge in [-0.05, 0) is 18.6 Å². The molecule has 0 bridgehead atoms. The van der Waals surface area contributed by atoms with Gasteiger partial charge in [0.1, 0.15) is 0 Å². The quantitative estimate of drug-likeness (QED) is 0.850. The van der Waals surface area contributed by atoms with Gasteiger partial charge >= 0.3 is 0 Å². The average molecular weight is 237 g/mol. The Labute approximate surface area is 102 Å². The van der Waals surface area contributed by atoms with E-state index in [1.807, 2.05) is 11.8 Å². The van der Waals surface area contributed by atoms with Gasteiger partial charge in [-0.1, -0.05) is 18.2 Å². The van der Waals surface area contributed by atoms with Crippen molar-refractivity contribution in [2.75, 3.05) is 26.0 Å². The van der Waals surface area contributed by atoms with Crippen LogP contribution in [0.3, 0.4) is 0 Å². The minimum atomic E-state index is 0.296. The Bertz CT molecular complexity index is 342. The van der Waals surface area contributed by atoms with Crippen molar-refractivity contribution in [1.29, 1.82) is 0 Å². The Morgan fingerprint density at radius 3 is 3.12 bits per heavy atom. The molecule has 0 amide bonds. The molecule has 16 heavy (non-hydrogen) atoms. The maximum absolute atomic E-state index is 5.22. The third-order valence-corrected chi connectivity index (χ3v) is 4.28. The van der Waals surface area contributed by atoms with Crippen LogP contribution in [0.4, 0.5) is 0 Å². The summed E-state index contributed by atoms with van der Waals surface area (Å²) in [7, 11) is 1.76. The van der Waals surface area contributed by atoms with Gasteiger partial charge in [0, 0.05) is 36.8 Å². The van der Waals surface area contributed by atoms with Gasteiger partial charge in [0.15, 0.2) is 0 Å². The van der Waals surface area contributed by atoms with Crippen LogP contribution in [-0.4, -0.2) is 32.1 Å². The molecule has 2 atom stereocenters. The molecule has 88 valence electrons. The molecule has 2 nitrogen and oxygen atoms in total. The normalized spacial score (nSPS) is 20.8. The number of ether oxygens (including phenoxy) is 1. The number of hydrogen-bond donors (Lipinski definition) is 1. The van der Waals surface area contributed by atoms with Gasteiger partial charge in [-0.25, -0.2) is 0 Å². The summed E-state index contributed by atoms with van der Waals surface area (Å²) in [6.07, 6.45) is 0.296. The molecule has 1 aliphatic heterocycles. The third-order valence-electron chi connectivity index (χ3n) is 3.02. The molecule has 2 rings (SSSR count). The molecular weight excluding hydrogens is 218 g/mol. The Hall–Kier alpha value is -0.510. The monoisotopic (exact) mass is 237 g/mol. The standard InChI is InChI=1S/C13H19NOS/c1-10(15-2)7-14-8-11-9-16-13-6-4-3-5-12(11)13/h3-6,10-11,14H,7-9H2,1-2H3. The topological polar surface area (TPSA) is 21.3 Å². The molecular formula is C13H19NOS. The first kappa shape index (κ1) is 12.0. The van der Waals surface area contributed by atoms with E-state index in [9.17, 15) is 0 Å². The van der Waals surface area contributed by atoms with Crippen molar-refractivity contribution in [1.82, 2.24) is 5.32 Å². The average Bonchev–Trinajstić information content (AvgIpc) is 2.73. The van der Waals surface area contributed by atoms with E-state index in [2.05, 4.69) is 36.5 Å². The van der Waals surface area contributed by atoms with Gasteiger partial charge < -0.3 is 10.1 Å². The molecule has 2 unspecified atom stereocenters. The number of methoxy groups -OCH3 is 1. The van der Waals surface area contributed by atoms with Crippen molar-refractivity contribution in [2.45, 2.75) is 23.8 Å². The van der Waals surface area contributed by atoms with Gasteiger partial charge in [0.25, 0.3) is 0 Å². The Morgan fingerprint density at radius 2 is 2.31 bits per heavy atom. The molecule has 1 aromatic carbocycles. The molecule has 1 aromatic rings. The molecule has 0 saturated heterocycles. The smallest absolute Gasteiger partial charge is 0.0667 e. The number of fused-ring (bicyclic) bond motifs is 1. The summed E-state index contributed by atoms with van der Waals surface area (Å²) in [5, 5.41) is 3.48. The summed E-state index contributed by atoms with van der Waals surface area (Å²) in [6, 6.07) is 8.73. The van der Waals surface area contributed by atoms with Crippen molar-refractivity contribution in [2.24, 2.45) is 0 Å². The Kier molecular flexibility index (Phi) is 4.27. The van der Waals surface area contributed by atoms with Crippen LogP contribution in [-0.2, 0) is 4.74 Å². The Balaban J connectivity index is 1.84. The molecule has 0 aliphatic carbocycles. The van der Waals surface area contributed by atoms with Crippen LogP contribution in [0.1, 0.15) is 18.4 Å². The lowest BCUT2D eigenvalue weighted by atomic mass is 10.0. The van der Waals surface area contributed by atoms with Crippen LogP contribution in [0.5, 0.6) is 0 Å². The largest absolute Gasteiger partial charge is 0.380 e. The van der Waals surface area contributed by atoms with Crippen LogP contribution in [0.15, 0.2) is 29.2 Å². The highest BCUT2D eigenvalue weighted by molar-refractivity contribution is 7.99. The van der Waals surface area contributed by atoms with E-state index >= 15 is 0 Å². The first-order valence-electron chi connectivity index (χ1n) is 5.76. The maximum Gasteiger partial charge on any atom is 0.0667 e. The van der Waals surface area contributed by atoms with Crippen molar-refractivity contribution in [3.8, 4) is 0 Å². The molecule has 3 heteroatoms. The van der Waals surface area contributed by atoms with Gasteiger partial charge in [0.05, 0.1) is 6.10 Å². The molecule has 1 N–H and O–H groups in total. The highest BCUT2D eigenvalue weighted by atomic mass is 32.2. The lowest BCUT2D eigenvalue weighted by Gasteiger charge is -2.14. The van der Waals surface area contributed by atoms with Gasteiger partial charge in [-0.2, -0.15) is 0 Å². The van der Waals surface area contributed by atoms with E-state index in [1.165, 1.54) is 16.2 Å². The summed E-state index contributed by atoms with van der Waals surface area (Å²) in [5.74, 6) is 1.86. The van der Waals surface area contributed by atoms with Crippen LogP contribution in [0.25, 0.3) is 0 Å². The van der Waals surface area contributed by atoms with Gasteiger partial charge in [-0.15, -0.1) is 11.8 Å². The summed E-state index contributed by atoms with van der Waals surface area (Å²) in [6.45, 7) is 4.07. The number of nitrogens with one attached hydrogen (secondary N) is 1. The minimum absolute atomic E-state index is 0.296. The van der Waals surface area contributed by atoms with Crippen LogP contribution < -0.4 is 5.32 Å². The van der Waals surface area contributed by atoms with Crippen molar-refractivity contribution in [3.05, 3.63) is 29.8 Å². The Morgan fingerprint density at radius 1 is 1.50 bits per heavy atom. The van der Waals surface area contributed by atoms with E-state index in [4.69, 9.17) is 4.74 Å². The first-order chi connectivity index (χ1) is 7.81. The number of rotatable bonds is 5. The fourth-order valence-corrected chi connectivity index (χ4v) is 3.20. The summed E-state index contributed by atoms with van der Waals surface area (Å²) in [4.78, 5) is 1.45. The predicted molar refractivity (Wildman–Crippen MR) is 69.2 cm³/mol. The molecule has 0 aromatic heterocycles. The molecule has 1 heterocycles. The van der Waals surface area contributed by atoms with Crippen LogP contribution in [0.2, 0.25) is 0 Å². The molecule has 0 spiro atoms. The molecule has 0 radical (unpaired) electrons. The summed E-state index contributed by atoms with van der Waals surface area (Å²) in [5.41, 5.74) is 1.50. The number of hydrogen-bond acceptors (Lipinski definition) is 3. The molecule has 1 aliphatic rings. The second-order valence-electron chi connectivity index (χ2n) is 4.25.